The zero-order valence-corrected chi connectivity index (χ0v) is 8.47. The van der Waals surface area contributed by atoms with Gasteiger partial charge < -0.3 is 5.73 Å². The second-order valence-electron chi connectivity index (χ2n) is 3.51. The third-order valence-corrected chi connectivity index (χ3v) is 1.94. The van der Waals surface area contributed by atoms with Crippen molar-refractivity contribution in [2.75, 3.05) is 5.73 Å². The number of aromatic nitrogens is 1. The van der Waals surface area contributed by atoms with E-state index in [1.54, 1.807) is 13.8 Å². The van der Waals surface area contributed by atoms with Crippen LogP contribution in [0.2, 0.25) is 0 Å². The van der Waals surface area contributed by atoms with Gasteiger partial charge >= 0.3 is 0 Å². The van der Waals surface area contributed by atoms with Crippen molar-refractivity contribution in [2.24, 2.45) is 5.92 Å². The highest BCUT2D eigenvalue weighted by Gasteiger charge is 2.17. The van der Waals surface area contributed by atoms with Gasteiger partial charge in [0.1, 0.15) is 11.5 Å². The summed E-state index contributed by atoms with van der Waals surface area (Å²) in [5.41, 5.74) is 5.97. The molecule has 1 aromatic heterocycles. The highest BCUT2D eigenvalue weighted by Crippen LogP contribution is 2.16. The maximum Gasteiger partial charge on any atom is 0.185 e. The molecule has 0 spiro atoms. The maximum atomic E-state index is 13.0. The molecule has 76 valence electrons. The van der Waals surface area contributed by atoms with Gasteiger partial charge in [-0.05, 0) is 6.92 Å². The Balaban J connectivity index is 3.22. The third kappa shape index (κ3) is 1.89. The molecule has 1 rings (SSSR count). The number of rotatable bonds is 2. The number of hydrogen-bond acceptors (Lipinski definition) is 3. The number of ketones is 1. The quantitative estimate of drug-likeness (QED) is 0.735. The van der Waals surface area contributed by atoms with E-state index in [1.165, 1.54) is 6.92 Å². The first-order chi connectivity index (χ1) is 6.43. The van der Waals surface area contributed by atoms with Crippen LogP contribution in [0.1, 0.15) is 30.0 Å². The number of pyridine rings is 1. The molecule has 0 saturated heterocycles. The zero-order valence-electron chi connectivity index (χ0n) is 8.47. The lowest BCUT2D eigenvalue weighted by molar-refractivity contribution is 0.0935. The molecule has 0 aromatic carbocycles. The Kier molecular flexibility index (Phi) is 2.84. The van der Waals surface area contributed by atoms with Crippen molar-refractivity contribution in [1.82, 2.24) is 4.98 Å². The second-order valence-corrected chi connectivity index (χ2v) is 3.51. The number of hydrogen-bond donors (Lipinski definition) is 1. The van der Waals surface area contributed by atoms with Crippen LogP contribution in [-0.2, 0) is 0 Å². The van der Waals surface area contributed by atoms with Crippen LogP contribution in [-0.4, -0.2) is 10.8 Å². The lowest BCUT2D eigenvalue weighted by atomic mass is 10.0. The molecule has 2 N–H and O–H groups in total. The van der Waals surface area contributed by atoms with E-state index in [-0.39, 0.29) is 28.8 Å². The Morgan fingerprint density at radius 3 is 2.64 bits per heavy atom. The minimum absolute atomic E-state index is 0.104. The summed E-state index contributed by atoms with van der Waals surface area (Å²) in [6, 6.07) is 1.14. The summed E-state index contributed by atoms with van der Waals surface area (Å²) in [6.45, 7) is 5.01. The smallest absolute Gasteiger partial charge is 0.185 e. The Labute approximate surface area is 82.1 Å². The minimum Gasteiger partial charge on any atom is -0.397 e. The van der Waals surface area contributed by atoms with Crippen LogP contribution >= 0.6 is 0 Å². The van der Waals surface area contributed by atoms with Crippen molar-refractivity contribution in [3.63, 3.8) is 0 Å². The normalized spacial score (nSPS) is 10.6. The van der Waals surface area contributed by atoms with Crippen LogP contribution in [0.4, 0.5) is 10.1 Å². The molecule has 3 nitrogen and oxygen atoms in total. The van der Waals surface area contributed by atoms with Gasteiger partial charge in [-0.25, -0.2) is 9.37 Å². The van der Waals surface area contributed by atoms with Crippen molar-refractivity contribution in [2.45, 2.75) is 20.8 Å². The molecular formula is C10H13FN2O. The van der Waals surface area contributed by atoms with Gasteiger partial charge in [-0.3, -0.25) is 4.79 Å². The Bertz CT molecular complexity index is 375. The number of anilines is 1. The molecule has 0 aliphatic rings. The first kappa shape index (κ1) is 10.6. The molecule has 1 aromatic rings. The third-order valence-electron chi connectivity index (χ3n) is 1.94. The van der Waals surface area contributed by atoms with Gasteiger partial charge in [-0.15, -0.1) is 0 Å². The van der Waals surface area contributed by atoms with Crippen molar-refractivity contribution < 1.29 is 9.18 Å². The Morgan fingerprint density at radius 1 is 1.57 bits per heavy atom. The van der Waals surface area contributed by atoms with Crippen LogP contribution in [0.25, 0.3) is 0 Å². The lowest BCUT2D eigenvalue weighted by Crippen LogP contribution is -2.14. The summed E-state index contributed by atoms with van der Waals surface area (Å²) in [4.78, 5) is 15.4. The predicted octanol–water partition coefficient (Wildman–Crippen LogP) is 1.95. The SMILES string of the molecule is Cc1nc(C(=O)C(C)C)c(N)cc1F. The number of carbonyl (C=O) groups excluding carboxylic acids is 1. The van der Waals surface area contributed by atoms with Crippen molar-refractivity contribution >= 4 is 11.5 Å². The van der Waals surface area contributed by atoms with Gasteiger partial charge in [-0.1, -0.05) is 13.8 Å². The first-order valence-corrected chi connectivity index (χ1v) is 4.40. The fourth-order valence-corrected chi connectivity index (χ4v) is 1.07. The molecule has 4 heteroatoms. The van der Waals surface area contributed by atoms with Gasteiger partial charge in [0, 0.05) is 12.0 Å². The average molecular weight is 196 g/mol. The number of aryl methyl sites for hydroxylation is 1. The van der Waals surface area contributed by atoms with E-state index in [1.807, 2.05) is 0 Å². The minimum atomic E-state index is -0.484. The molecule has 0 saturated carbocycles. The highest BCUT2D eigenvalue weighted by molar-refractivity contribution is 6.00. The number of carbonyl (C=O) groups is 1. The molecular weight excluding hydrogens is 183 g/mol. The summed E-state index contributed by atoms with van der Waals surface area (Å²) in [7, 11) is 0. The Morgan fingerprint density at radius 2 is 2.14 bits per heavy atom. The van der Waals surface area contributed by atoms with Crippen LogP contribution < -0.4 is 5.73 Å². The van der Waals surface area contributed by atoms with Gasteiger partial charge in [-0.2, -0.15) is 0 Å². The van der Waals surface area contributed by atoms with Crippen LogP contribution in [0.5, 0.6) is 0 Å². The summed E-state index contributed by atoms with van der Waals surface area (Å²) >= 11 is 0. The van der Waals surface area contributed by atoms with Crippen molar-refractivity contribution in [3.05, 3.63) is 23.3 Å². The van der Waals surface area contributed by atoms with Crippen molar-refractivity contribution in [3.8, 4) is 0 Å². The van der Waals surface area contributed by atoms with E-state index in [0.717, 1.165) is 6.07 Å². The van der Waals surface area contributed by atoms with Gasteiger partial charge in [0.05, 0.1) is 11.4 Å². The van der Waals surface area contributed by atoms with E-state index in [2.05, 4.69) is 4.98 Å². The average Bonchev–Trinajstić information content (AvgIpc) is 2.10. The molecule has 1 heterocycles. The molecule has 0 aliphatic heterocycles. The largest absolute Gasteiger partial charge is 0.397 e. The molecule has 14 heavy (non-hydrogen) atoms. The topological polar surface area (TPSA) is 56.0 Å². The molecule has 0 fully saturated rings. The number of Topliss-reactive ketones (excluding diaryl/α,β-unsaturated/α-hetero) is 1. The number of nitrogen functional groups attached to an aromatic ring is 1. The van der Waals surface area contributed by atoms with E-state index >= 15 is 0 Å². The first-order valence-electron chi connectivity index (χ1n) is 4.40. The zero-order chi connectivity index (χ0) is 10.9. The highest BCUT2D eigenvalue weighted by atomic mass is 19.1. The van der Waals surface area contributed by atoms with Gasteiger partial charge in [0.15, 0.2) is 5.78 Å². The van der Waals surface area contributed by atoms with Crippen molar-refractivity contribution in [1.29, 1.82) is 0 Å². The van der Waals surface area contributed by atoms with Crippen LogP contribution in [0.3, 0.4) is 0 Å². The van der Waals surface area contributed by atoms with E-state index < -0.39 is 5.82 Å². The lowest BCUT2D eigenvalue weighted by Gasteiger charge is -2.07. The number of nitrogens with two attached hydrogens (primary N) is 1. The number of halogens is 1. The van der Waals surface area contributed by atoms with E-state index in [0.29, 0.717) is 0 Å². The predicted molar refractivity (Wildman–Crippen MR) is 52.5 cm³/mol. The van der Waals surface area contributed by atoms with Crippen LogP contribution in [0.15, 0.2) is 6.07 Å². The monoisotopic (exact) mass is 196 g/mol. The molecule has 0 radical (unpaired) electrons. The maximum absolute atomic E-state index is 13.0. The van der Waals surface area contributed by atoms with E-state index in [4.69, 9.17) is 5.73 Å². The summed E-state index contributed by atoms with van der Waals surface area (Å²) < 4.78 is 13.0. The standard InChI is InChI=1S/C10H13FN2O/c1-5(2)10(14)9-8(12)4-7(11)6(3)13-9/h4-5H,12H2,1-3H3. The molecule has 0 atom stereocenters. The van der Waals surface area contributed by atoms with Crippen LogP contribution in [0, 0.1) is 18.7 Å². The summed E-state index contributed by atoms with van der Waals surface area (Å²) in [5.74, 6) is -0.830. The van der Waals surface area contributed by atoms with Gasteiger partial charge in [0.2, 0.25) is 0 Å². The summed E-state index contributed by atoms with van der Waals surface area (Å²) in [5, 5.41) is 0. The van der Waals surface area contributed by atoms with E-state index in [9.17, 15) is 9.18 Å². The molecule has 0 amide bonds. The fraction of sp³-hybridized carbons (Fsp3) is 0.400. The number of nitrogens with zero attached hydrogens (tertiary/aromatic N) is 1. The Hall–Kier alpha value is -1.45. The van der Waals surface area contributed by atoms with Gasteiger partial charge in [0.25, 0.3) is 0 Å². The molecule has 0 aliphatic carbocycles. The second kappa shape index (κ2) is 3.74. The molecule has 0 unspecified atom stereocenters. The summed E-state index contributed by atoms with van der Waals surface area (Å²) in [6.07, 6.45) is 0. The molecule has 0 bridgehead atoms. The fourth-order valence-electron chi connectivity index (χ4n) is 1.07.